The number of amides is 1. The molecule has 132 valence electrons. The minimum Gasteiger partial charge on any atom is -0.330 e. The quantitative estimate of drug-likeness (QED) is 0.664. The summed E-state index contributed by atoms with van der Waals surface area (Å²) in [5, 5.41) is 0. The van der Waals surface area contributed by atoms with Crippen LogP contribution in [0.15, 0.2) is 48.7 Å². The number of benzene rings is 1. The molecule has 1 aliphatic rings. The Morgan fingerprint density at radius 1 is 1.15 bits per heavy atom. The lowest BCUT2D eigenvalue weighted by molar-refractivity contribution is 0.0731. The van der Waals surface area contributed by atoms with Crippen LogP contribution in [0.4, 0.5) is 0 Å². The summed E-state index contributed by atoms with van der Waals surface area (Å²) in [7, 11) is 0. The van der Waals surface area contributed by atoms with Gasteiger partial charge in [0.1, 0.15) is 5.82 Å². The molecule has 1 aromatic carbocycles. The van der Waals surface area contributed by atoms with Crippen molar-refractivity contribution in [3.63, 3.8) is 0 Å². The minimum atomic E-state index is 0.0254. The maximum Gasteiger partial charge on any atom is 0.258 e. The van der Waals surface area contributed by atoms with Crippen molar-refractivity contribution in [2.24, 2.45) is 0 Å². The van der Waals surface area contributed by atoms with Gasteiger partial charge >= 0.3 is 0 Å². The van der Waals surface area contributed by atoms with Crippen LogP contribution in [0.5, 0.6) is 0 Å². The van der Waals surface area contributed by atoms with Crippen LogP contribution in [0.2, 0.25) is 0 Å². The molecule has 26 heavy (non-hydrogen) atoms. The molecular weight excluding hydrogens is 342 g/mol. The van der Waals surface area contributed by atoms with Crippen LogP contribution in [0, 0.1) is 13.8 Å². The van der Waals surface area contributed by atoms with Crippen LogP contribution in [0.3, 0.4) is 0 Å². The molecule has 5 heteroatoms. The fourth-order valence-electron chi connectivity index (χ4n) is 3.09. The van der Waals surface area contributed by atoms with Gasteiger partial charge in [-0.2, -0.15) is 0 Å². The summed E-state index contributed by atoms with van der Waals surface area (Å²) in [6, 6.07) is 14.4. The van der Waals surface area contributed by atoms with Crippen molar-refractivity contribution < 1.29 is 4.79 Å². The first-order valence-corrected chi connectivity index (χ1v) is 9.69. The third kappa shape index (κ3) is 3.53. The average Bonchev–Trinajstić information content (AvgIpc) is 3.41. The van der Waals surface area contributed by atoms with E-state index >= 15 is 0 Å². The molecule has 1 aliphatic carbocycles. The number of thiophene rings is 1. The van der Waals surface area contributed by atoms with Crippen molar-refractivity contribution in [1.82, 2.24) is 14.9 Å². The molecule has 1 amide bonds. The molecule has 0 saturated heterocycles. The smallest absolute Gasteiger partial charge is 0.258 e. The number of nitrogens with zero attached hydrogens (tertiary/aromatic N) is 3. The van der Waals surface area contributed by atoms with Gasteiger partial charge in [-0.15, -0.1) is 11.3 Å². The van der Waals surface area contributed by atoms with E-state index in [4.69, 9.17) is 0 Å². The zero-order valence-electron chi connectivity index (χ0n) is 15.0. The zero-order chi connectivity index (χ0) is 18.1. The first-order valence-electron chi connectivity index (χ1n) is 8.87. The van der Waals surface area contributed by atoms with Crippen molar-refractivity contribution in [2.75, 3.05) is 0 Å². The normalized spacial score (nSPS) is 13.6. The summed E-state index contributed by atoms with van der Waals surface area (Å²) in [4.78, 5) is 26.8. The fraction of sp³-hybridized carbons (Fsp3) is 0.286. The van der Waals surface area contributed by atoms with Crippen LogP contribution < -0.4 is 0 Å². The van der Waals surface area contributed by atoms with Crippen LogP contribution in [0.1, 0.15) is 38.8 Å². The van der Waals surface area contributed by atoms with E-state index in [9.17, 15) is 4.79 Å². The van der Waals surface area contributed by atoms with Gasteiger partial charge in [-0.3, -0.25) is 4.79 Å². The Hall–Kier alpha value is -2.53. The number of hydrogen-bond acceptors (Lipinski definition) is 4. The van der Waals surface area contributed by atoms with Gasteiger partial charge in [0, 0.05) is 27.6 Å². The zero-order valence-corrected chi connectivity index (χ0v) is 15.8. The van der Waals surface area contributed by atoms with Gasteiger partial charge in [-0.05, 0) is 38.8 Å². The SMILES string of the molecule is Cc1ncc(C(=O)N(Cc2ccc(C)s2)C2CC2)c(-c2ccccc2)n1. The number of aromatic nitrogens is 2. The summed E-state index contributed by atoms with van der Waals surface area (Å²) < 4.78 is 0. The van der Waals surface area contributed by atoms with Gasteiger partial charge in [0.2, 0.25) is 0 Å². The van der Waals surface area contributed by atoms with Crippen LogP contribution in [-0.4, -0.2) is 26.8 Å². The first kappa shape index (κ1) is 16.9. The summed E-state index contributed by atoms with van der Waals surface area (Å²) in [5.74, 6) is 0.699. The molecular formula is C21H21N3OS. The minimum absolute atomic E-state index is 0.0254. The Labute approximate surface area is 157 Å². The van der Waals surface area contributed by atoms with E-state index in [0.717, 1.165) is 24.1 Å². The molecule has 0 bridgehead atoms. The van der Waals surface area contributed by atoms with Gasteiger partial charge in [0.15, 0.2) is 0 Å². The molecule has 1 fully saturated rings. The summed E-state index contributed by atoms with van der Waals surface area (Å²) in [6.07, 6.45) is 3.83. The monoisotopic (exact) mass is 363 g/mol. The van der Waals surface area contributed by atoms with Crippen LogP contribution in [-0.2, 0) is 6.54 Å². The van der Waals surface area contributed by atoms with Crippen molar-refractivity contribution in [3.05, 3.63) is 69.8 Å². The molecule has 2 aromatic heterocycles. The molecule has 2 heterocycles. The number of hydrogen-bond donors (Lipinski definition) is 0. The third-order valence-electron chi connectivity index (χ3n) is 4.56. The molecule has 4 nitrogen and oxygen atoms in total. The Balaban J connectivity index is 1.70. The fourth-order valence-corrected chi connectivity index (χ4v) is 3.98. The van der Waals surface area contributed by atoms with Gasteiger partial charge in [-0.25, -0.2) is 9.97 Å². The van der Waals surface area contributed by atoms with Gasteiger partial charge in [0.25, 0.3) is 5.91 Å². The largest absolute Gasteiger partial charge is 0.330 e. The molecule has 3 aromatic rings. The lowest BCUT2D eigenvalue weighted by Gasteiger charge is -2.23. The van der Waals surface area contributed by atoms with Gasteiger partial charge < -0.3 is 4.90 Å². The molecule has 0 unspecified atom stereocenters. The maximum absolute atomic E-state index is 13.4. The molecule has 0 aliphatic heterocycles. The number of rotatable bonds is 5. The van der Waals surface area contributed by atoms with Crippen LogP contribution in [0.25, 0.3) is 11.3 Å². The highest BCUT2D eigenvalue weighted by Crippen LogP contribution is 2.32. The van der Waals surface area contributed by atoms with E-state index in [0.29, 0.717) is 24.0 Å². The second-order valence-electron chi connectivity index (χ2n) is 6.72. The highest BCUT2D eigenvalue weighted by molar-refractivity contribution is 7.11. The van der Waals surface area contributed by atoms with E-state index in [1.165, 1.54) is 9.75 Å². The number of carbonyl (C=O) groups is 1. The predicted octanol–water partition coefficient (Wildman–Crippen LogP) is 4.63. The van der Waals surface area contributed by atoms with Crippen molar-refractivity contribution >= 4 is 17.2 Å². The van der Waals surface area contributed by atoms with Crippen molar-refractivity contribution in [3.8, 4) is 11.3 Å². The summed E-state index contributed by atoms with van der Waals surface area (Å²) in [5.41, 5.74) is 2.25. The molecule has 0 spiro atoms. The second-order valence-corrected chi connectivity index (χ2v) is 8.09. The second kappa shape index (κ2) is 7.00. The van der Waals surface area contributed by atoms with E-state index in [-0.39, 0.29) is 5.91 Å². The average molecular weight is 363 g/mol. The highest BCUT2D eigenvalue weighted by Gasteiger charge is 2.34. The maximum atomic E-state index is 13.4. The standard InChI is InChI=1S/C21H21N3OS/c1-14-8-11-18(26-14)13-24(17-9-10-17)21(25)19-12-22-15(2)23-20(19)16-6-4-3-5-7-16/h3-8,11-12,17H,9-10,13H2,1-2H3. The molecule has 1 saturated carbocycles. The lowest BCUT2D eigenvalue weighted by Crippen LogP contribution is -2.33. The summed E-state index contributed by atoms with van der Waals surface area (Å²) >= 11 is 1.75. The predicted molar refractivity (Wildman–Crippen MR) is 104 cm³/mol. The Bertz CT molecular complexity index is 931. The lowest BCUT2D eigenvalue weighted by atomic mass is 10.1. The summed E-state index contributed by atoms with van der Waals surface area (Å²) in [6.45, 7) is 4.61. The van der Waals surface area contributed by atoms with Crippen LogP contribution >= 0.6 is 11.3 Å². The Kier molecular flexibility index (Phi) is 4.55. The van der Waals surface area contributed by atoms with E-state index in [2.05, 4.69) is 29.0 Å². The van der Waals surface area contributed by atoms with E-state index in [1.807, 2.05) is 42.2 Å². The Morgan fingerprint density at radius 2 is 1.92 bits per heavy atom. The third-order valence-corrected chi connectivity index (χ3v) is 5.54. The highest BCUT2D eigenvalue weighted by atomic mass is 32.1. The van der Waals surface area contributed by atoms with E-state index < -0.39 is 0 Å². The van der Waals surface area contributed by atoms with Crippen molar-refractivity contribution in [1.29, 1.82) is 0 Å². The molecule has 4 rings (SSSR count). The number of carbonyl (C=O) groups excluding carboxylic acids is 1. The topological polar surface area (TPSA) is 46.1 Å². The number of aryl methyl sites for hydroxylation is 2. The molecule has 0 radical (unpaired) electrons. The first-order chi connectivity index (χ1) is 12.6. The van der Waals surface area contributed by atoms with Gasteiger partial charge in [-0.1, -0.05) is 30.3 Å². The Morgan fingerprint density at radius 3 is 2.58 bits per heavy atom. The molecule has 0 N–H and O–H groups in total. The van der Waals surface area contributed by atoms with Gasteiger partial charge in [0.05, 0.1) is 17.8 Å². The van der Waals surface area contributed by atoms with E-state index in [1.54, 1.807) is 17.5 Å². The van der Waals surface area contributed by atoms with Crippen molar-refractivity contribution in [2.45, 2.75) is 39.3 Å². The molecule has 0 atom stereocenters.